The van der Waals surface area contributed by atoms with Crippen molar-refractivity contribution in [2.75, 3.05) is 18.6 Å². The molecule has 0 unspecified atom stereocenters. The topological polar surface area (TPSA) is 10.8 Å². The molecule has 0 bridgehead atoms. The molecule has 0 saturated heterocycles. The summed E-state index contributed by atoms with van der Waals surface area (Å²) < 4.78 is 0. The Balaban J connectivity index is 2.25. The summed E-state index contributed by atoms with van der Waals surface area (Å²) in [7, 11) is 2.02. The Labute approximate surface area is 83.7 Å². The van der Waals surface area contributed by atoms with Gasteiger partial charge in [-0.25, -0.2) is 4.85 Å². The van der Waals surface area contributed by atoms with Gasteiger partial charge in [0.05, 0.1) is 13.2 Å². The van der Waals surface area contributed by atoms with E-state index in [1.165, 1.54) is 0 Å². The molecular weight excluding hydrogens is 174 g/mol. The molecular formula is C11H11N3. The predicted molar refractivity (Wildman–Crippen MR) is 57.0 cm³/mol. The summed E-state index contributed by atoms with van der Waals surface area (Å²) in [6, 6.07) is 7.64. The van der Waals surface area contributed by atoms with Gasteiger partial charge in [0.25, 0.3) is 0 Å². The van der Waals surface area contributed by atoms with E-state index in [9.17, 15) is 0 Å². The molecule has 1 aromatic rings. The van der Waals surface area contributed by atoms with E-state index in [0.717, 1.165) is 12.4 Å². The highest BCUT2D eigenvalue weighted by molar-refractivity contribution is 5.60. The first-order chi connectivity index (χ1) is 6.79. The van der Waals surface area contributed by atoms with Crippen molar-refractivity contribution in [3.05, 3.63) is 48.1 Å². The molecule has 0 aromatic heterocycles. The molecule has 0 spiro atoms. The Hall–Kier alpha value is -1.95. The van der Waals surface area contributed by atoms with Gasteiger partial charge < -0.3 is 9.80 Å². The Morgan fingerprint density at radius 3 is 2.86 bits per heavy atom. The highest BCUT2D eigenvalue weighted by Crippen LogP contribution is 2.23. The third kappa shape index (κ3) is 1.55. The van der Waals surface area contributed by atoms with E-state index < -0.39 is 0 Å². The second-order valence-corrected chi connectivity index (χ2v) is 3.30. The van der Waals surface area contributed by atoms with Crippen LogP contribution >= 0.6 is 0 Å². The number of hydrogen-bond acceptors (Lipinski definition) is 2. The molecule has 0 N–H and O–H groups in total. The van der Waals surface area contributed by atoms with Crippen molar-refractivity contribution in [3.63, 3.8) is 0 Å². The van der Waals surface area contributed by atoms with Crippen molar-refractivity contribution < 1.29 is 0 Å². The maximum atomic E-state index is 6.93. The highest BCUT2D eigenvalue weighted by atomic mass is 15.3. The number of hydrogen-bond donors (Lipinski definition) is 0. The number of rotatable bonds is 1. The van der Waals surface area contributed by atoms with Gasteiger partial charge in [0.2, 0.25) is 0 Å². The molecule has 0 amide bonds. The lowest BCUT2D eigenvalue weighted by molar-refractivity contribution is 0.496. The van der Waals surface area contributed by atoms with Gasteiger partial charge in [-0.05, 0) is 12.1 Å². The molecule has 0 atom stereocenters. The molecule has 2 rings (SSSR count). The highest BCUT2D eigenvalue weighted by Gasteiger charge is 2.10. The van der Waals surface area contributed by atoms with Gasteiger partial charge in [0.15, 0.2) is 5.69 Å². The van der Waals surface area contributed by atoms with E-state index in [1.807, 2.05) is 43.7 Å². The van der Waals surface area contributed by atoms with E-state index >= 15 is 0 Å². The lowest BCUT2D eigenvalue weighted by Crippen LogP contribution is -2.21. The molecule has 1 aliphatic rings. The molecule has 0 radical (unpaired) electrons. The van der Waals surface area contributed by atoms with E-state index in [1.54, 1.807) is 0 Å². The summed E-state index contributed by atoms with van der Waals surface area (Å²) in [5.74, 6) is 0. The summed E-state index contributed by atoms with van der Waals surface area (Å²) in [6.07, 6.45) is 4.04. The van der Waals surface area contributed by atoms with Crippen LogP contribution in [0.25, 0.3) is 4.85 Å². The van der Waals surface area contributed by atoms with Crippen molar-refractivity contribution in [2.24, 2.45) is 0 Å². The first-order valence-electron chi connectivity index (χ1n) is 4.42. The summed E-state index contributed by atoms with van der Waals surface area (Å²) in [5, 5.41) is 0. The lowest BCUT2D eigenvalue weighted by Gasteiger charge is -2.18. The number of nitrogens with zero attached hydrogens (tertiary/aromatic N) is 3. The first kappa shape index (κ1) is 8.64. The molecule has 1 aliphatic heterocycles. The number of benzene rings is 1. The first-order valence-corrected chi connectivity index (χ1v) is 4.42. The summed E-state index contributed by atoms with van der Waals surface area (Å²) >= 11 is 0. The Morgan fingerprint density at radius 2 is 2.21 bits per heavy atom. The van der Waals surface area contributed by atoms with Gasteiger partial charge in [0, 0.05) is 25.1 Å². The van der Waals surface area contributed by atoms with Crippen LogP contribution in [0, 0.1) is 6.57 Å². The fraction of sp³-hybridized carbons (Fsp3) is 0.182. The van der Waals surface area contributed by atoms with Crippen LogP contribution in [0.5, 0.6) is 0 Å². The van der Waals surface area contributed by atoms with E-state index in [2.05, 4.69) is 14.6 Å². The summed E-state index contributed by atoms with van der Waals surface area (Å²) in [6.45, 7) is 7.78. The number of anilines is 1. The van der Waals surface area contributed by atoms with E-state index in [4.69, 9.17) is 6.57 Å². The molecule has 0 aliphatic carbocycles. The van der Waals surface area contributed by atoms with Crippen LogP contribution in [0.3, 0.4) is 0 Å². The Kier molecular flexibility index (Phi) is 2.11. The van der Waals surface area contributed by atoms with Crippen molar-refractivity contribution in [3.8, 4) is 0 Å². The van der Waals surface area contributed by atoms with Gasteiger partial charge in [-0.3, -0.25) is 0 Å². The zero-order chi connectivity index (χ0) is 9.97. The van der Waals surface area contributed by atoms with Crippen LogP contribution in [0.2, 0.25) is 0 Å². The lowest BCUT2D eigenvalue weighted by atomic mass is 10.2. The molecule has 3 nitrogen and oxygen atoms in total. The fourth-order valence-corrected chi connectivity index (χ4v) is 1.44. The minimum Gasteiger partial charge on any atom is -0.361 e. The van der Waals surface area contributed by atoms with Crippen LogP contribution < -0.4 is 4.90 Å². The summed E-state index contributed by atoms with van der Waals surface area (Å²) in [4.78, 5) is 7.60. The fourth-order valence-electron chi connectivity index (χ4n) is 1.44. The molecule has 3 heteroatoms. The van der Waals surface area contributed by atoms with Gasteiger partial charge in [0.1, 0.15) is 0 Å². The predicted octanol–water partition coefficient (Wildman–Crippen LogP) is 2.42. The third-order valence-electron chi connectivity index (χ3n) is 2.17. The van der Waals surface area contributed by atoms with Crippen molar-refractivity contribution in [1.29, 1.82) is 0 Å². The average molecular weight is 185 g/mol. The van der Waals surface area contributed by atoms with Crippen LogP contribution in [0.4, 0.5) is 11.4 Å². The van der Waals surface area contributed by atoms with Crippen LogP contribution in [0.15, 0.2) is 36.7 Å². The average Bonchev–Trinajstić information content (AvgIpc) is 2.65. The largest absolute Gasteiger partial charge is 0.361 e. The standard InChI is InChI=1S/C11H11N3/c1-12-10-4-3-5-11(8-10)14-7-6-13(2)9-14/h3-8H,9H2,2H3. The smallest absolute Gasteiger partial charge is 0.189 e. The van der Waals surface area contributed by atoms with Crippen molar-refractivity contribution in [2.45, 2.75) is 0 Å². The monoisotopic (exact) mass is 185 g/mol. The molecule has 1 aromatic carbocycles. The molecule has 0 saturated carbocycles. The van der Waals surface area contributed by atoms with Crippen molar-refractivity contribution in [1.82, 2.24) is 4.90 Å². The van der Waals surface area contributed by atoms with Crippen LogP contribution in [-0.2, 0) is 0 Å². The van der Waals surface area contributed by atoms with Gasteiger partial charge in [-0.15, -0.1) is 0 Å². The van der Waals surface area contributed by atoms with Crippen LogP contribution in [-0.4, -0.2) is 18.6 Å². The minimum absolute atomic E-state index is 0.686. The Bertz CT molecular complexity index is 403. The van der Waals surface area contributed by atoms with E-state index in [-0.39, 0.29) is 0 Å². The second kappa shape index (κ2) is 3.43. The SMILES string of the molecule is [C-]#[N+]c1cccc(N2C=CN(C)C2)c1. The normalized spacial score (nSPS) is 14.6. The quantitative estimate of drug-likeness (QED) is 0.622. The van der Waals surface area contributed by atoms with Crippen LogP contribution in [0.1, 0.15) is 0 Å². The van der Waals surface area contributed by atoms with Crippen molar-refractivity contribution >= 4 is 11.4 Å². The van der Waals surface area contributed by atoms with E-state index in [0.29, 0.717) is 5.69 Å². The molecule has 1 heterocycles. The third-order valence-corrected chi connectivity index (χ3v) is 2.17. The molecule has 0 fully saturated rings. The summed E-state index contributed by atoms with van der Waals surface area (Å²) in [5.41, 5.74) is 1.75. The minimum atomic E-state index is 0.686. The van der Waals surface area contributed by atoms with Gasteiger partial charge in [-0.1, -0.05) is 12.1 Å². The zero-order valence-corrected chi connectivity index (χ0v) is 8.01. The maximum Gasteiger partial charge on any atom is 0.189 e. The maximum absolute atomic E-state index is 6.93. The Morgan fingerprint density at radius 1 is 1.36 bits per heavy atom. The second-order valence-electron chi connectivity index (χ2n) is 3.30. The van der Waals surface area contributed by atoms with Gasteiger partial charge in [-0.2, -0.15) is 0 Å². The molecule has 70 valence electrons. The zero-order valence-electron chi connectivity index (χ0n) is 8.01. The molecule has 14 heavy (non-hydrogen) atoms. The van der Waals surface area contributed by atoms with Gasteiger partial charge >= 0.3 is 0 Å².